The molecule has 0 aromatic heterocycles. The summed E-state index contributed by atoms with van der Waals surface area (Å²) in [5, 5.41) is 13.5. The molecule has 0 bridgehead atoms. The van der Waals surface area contributed by atoms with Gasteiger partial charge in [0.25, 0.3) is 0 Å². The number of hydrogen-bond donors (Lipinski definition) is 0. The predicted octanol–water partition coefficient (Wildman–Crippen LogP) is 6.87. The van der Waals surface area contributed by atoms with Crippen molar-refractivity contribution >= 4 is 49.7 Å². The van der Waals surface area contributed by atoms with Crippen LogP contribution in [0.2, 0.25) is 5.02 Å². The summed E-state index contributed by atoms with van der Waals surface area (Å²) in [7, 11) is 0. The average Bonchev–Trinajstić information content (AvgIpc) is 2.72. The molecule has 0 aliphatic rings. The fraction of sp³-hybridized carbons (Fsp3) is 0.0909. The first-order valence-corrected chi connectivity index (χ1v) is 10.5. The van der Waals surface area contributed by atoms with Gasteiger partial charge in [0, 0.05) is 10.0 Å². The molecule has 0 N–H and O–H groups in total. The van der Waals surface area contributed by atoms with Crippen LogP contribution in [0, 0.1) is 11.3 Å². The second-order valence-electron chi connectivity index (χ2n) is 6.01. The number of nitrogens with zero attached hydrogens (tertiary/aromatic N) is 2. The van der Waals surface area contributed by atoms with E-state index in [9.17, 15) is 0 Å². The molecule has 0 unspecified atom stereocenters. The summed E-state index contributed by atoms with van der Waals surface area (Å²) < 4.78 is 7.59. The molecule has 3 aromatic carbocycles. The van der Waals surface area contributed by atoms with Crippen LogP contribution in [0.3, 0.4) is 0 Å². The minimum atomic E-state index is 0.212. The number of hydrogen-bond acceptors (Lipinski definition) is 4. The molecule has 0 aliphatic carbocycles. The van der Waals surface area contributed by atoms with Crippen LogP contribution in [0.1, 0.15) is 22.3 Å². The molecule has 0 atom stereocenters. The Morgan fingerprint density at radius 2 is 1.79 bits per heavy atom. The van der Waals surface area contributed by atoms with Gasteiger partial charge in [0.05, 0.1) is 27.3 Å². The van der Waals surface area contributed by atoms with Crippen molar-refractivity contribution < 1.29 is 9.57 Å². The lowest BCUT2D eigenvalue weighted by Gasteiger charge is -2.11. The number of oxime groups is 1. The average molecular weight is 535 g/mol. The molecule has 4 nitrogen and oxygen atoms in total. The quantitative estimate of drug-likeness (QED) is 0.246. The molecule has 0 aliphatic heterocycles. The van der Waals surface area contributed by atoms with Gasteiger partial charge < -0.3 is 9.57 Å². The third-order valence-corrected chi connectivity index (χ3v) is 5.35. The van der Waals surface area contributed by atoms with Crippen LogP contribution >= 0.6 is 43.5 Å². The van der Waals surface area contributed by atoms with E-state index in [0.29, 0.717) is 22.9 Å². The fourth-order valence-electron chi connectivity index (χ4n) is 2.49. The second kappa shape index (κ2) is 10.4. The highest BCUT2D eigenvalue weighted by atomic mass is 79.9. The van der Waals surface area contributed by atoms with Crippen LogP contribution in [0.4, 0.5) is 0 Å². The topological polar surface area (TPSA) is 54.6 Å². The molecule has 3 aromatic rings. The number of rotatable bonds is 7. The predicted molar refractivity (Wildman–Crippen MR) is 121 cm³/mol. The smallest absolute Gasteiger partial charge is 0.152 e. The maximum Gasteiger partial charge on any atom is 0.152 e. The van der Waals surface area contributed by atoms with Crippen LogP contribution < -0.4 is 4.74 Å². The van der Waals surface area contributed by atoms with E-state index in [-0.39, 0.29) is 6.61 Å². The van der Waals surface area contributed by atoms with Gasteiger partial charge in [-0.15, -0.1) is 0 Å². The lowest BCUT2D eigenvalue weighted by molar-refractivity contribution is 0.132. The molecule has 3 rings (SSSR count). The zero-order chi connectivity index (χ0) is 20.6. The van der Waals surface area contributed by atoms with E-state index in [1.165, 1.54) is 0 Å². The van der Waals surface area contributed by atoms with Gasteiger partial charge in [0.15, 0.2) is 5.75 Å². The highest BCUT2D eigenvalue weighted by molar-refractivity contribution is 9.10. The highest BCUT2D eigenvalue weighted by Gasteiger charge is 2.09. The van der Waals surface area contributed by atoms with E-state index in [2.05, 4.69) is 43.1 Å². The summed E-state index contributed by atoms with van der Waals surface area (Å²) in [4.78, 5) is 5.32. The Hall–Kier alpha value is -2.33. The third-order valence-electron chi connectivity index (χ3n) is 3.95. The van der Waals surface area contributed by atoms with Crippen molar-refractivity contribution in [3.63, 3.8) is 0 Å². The summed E-state index contributed by atoms with van der Waals surface area (Å²) in [5.74, 6) is 0.565. The van der Waals surface area contributed by atoms with Gasteiger partial charge in [-0.1, -0.05) is 63.0 Å². The van der Waals surface area contributed by atoms with Gasteiger partial charge >= 0.3 is 0 Å². The monoisotopic (exact) mass is 532 g/mol. The summed E-state index contributed by atoms with van der Waals surface area (Å²) in [5.41, 5.74) is 3.14. The van der Waals surface area contributed by atoms with E-state index in [1.807, 2.05) is 48.5 Å². The zero-order valence-corrected chi connectivity index (χ0v) is 19.0. The number of benzene rings is 3. The molecule has 0 saturated heterocycles. The van der Waals surface area contributed by atoms with Gasteiger partial charge in [-0.05, 0) is 57.4 Å². The van der Waals surface area contributed by atoms with E-state index >= 15 is 0 Å². The lowest BCUT2D eigenvalue weighted by atomic mass is 10.1. The lowest BCUT2D eigenvalue weighted by Crippen LogP contribution is -1.97. The number of halogens is 3. The van der Waals surface area contributed by atoms with Crippen molar-refractivity contribution in [1.29, 1.82) is 5.26 Å². The molecule has 0 amide bonds. The Kier molecular flexibility index (Phi) is 7.70. The molecule has 7 heteroatoms. The van der Waals surface area contributed by atoms with Crippen molar-refractivity contribution in [2.24, 2.45) is 5.16 Å². The van der Waals surface area contributed by atoms with Crippen molar-refractivity contribution in [3.8, 4) is 11.8 Å². The molecule has 146 valence electrons. The van der Waals surface area contributed by atoms with Gasteiger partial charge in [-0.3, -0.25) is 0 Å². The molecule has 0 spiro atoms. The molecular weight excluding hydrogens is 520 g/mol. The van der Waals surface area contributed by atoms with Crippen LogP contribution in [-0.4, -0.2) is 6.21 Å². The van der Waals surface area contributed by atoms with Crippen molar-refractivity contribution in [1.82, 2.24) is 0 Å². The van der Waals surface area contributed by atoms with E-state index in [4.69, 9.17) is 26.4 Å². The fourth-order valence-corrected chi connectivity index (χ4v) is 3.74. The number of nitriles is 1. The van der Waals surface area contributed by atoms with Crippen LogP contribution in [0.15, 0.2) is 74.8 Å². The van der Waals surface area contributed by atoms with Crippen LogP contribution in [-0.2, 0) is 18.1 Å². The highest BCUT2D eigenvalue weighted by Crippen LogP contribution is 2.34. The molecule has 0 heterocycles. The van der Waals surface area contributed by atoms with Gasteiger partial charge in [0.1, 0.15) is 13.2 Å². The largest absolute Gasteiger partial charge is 0.486 e. The first-order valence-electron chi connectivity index (χ1n) is 8.56. The molecular formula is C22H15Br2ClN2O2. The number of ether oxygens (including phenoxy) is 1. The maximum absolute atomic E-state index is 9.09. The standard InChI is InChI=1S/C22H15Br2ClN2O2/c23-19-7-5-15(6-8-19)13-28-22-20(24)9-16(10-21(22)25)12-27-29-14-18-4-2-1-3-17(18)11-26/h1-10,12H,13-14H2/b27-12-. The molecule has 0 fully saturated rings. The minimum Gasteiger partial charge on any atom is -0.486 e. The summed E-state index contributed by atoms with van der Waals surface area (Å²) in [6.07, 6.45) is 1.56. The van der Waals surface area contributed by atoms with Gasteiger partial charge in [-0.2, -0.15) is 5.26 Å². The summed E-state index contributed by atoms with van der Waals surface area (Å²) in [6, 6.07) is 20.9. The summed E-state index contributed by atoms with van der Waals surface area (Å²) >= 11 is 13.3. The van der Waals surface area contributed by atoms with E-state index in [0.717, 1.165) is 25.6 Å². The normalized spacial score (nSPS) is 10.7. The Labute approximate surface area is 191 Å². The van der Waals surface area contributed by atoms with Crippen molar-refractivity contribution in [2.45, 2.75) is 13.2 Å². The summed E-state index contributed by atoms with van der Waals surface area (Å²) in [6.45, 7) is 0.615. The first kappa shape index (κ1) is 21.4. The van der Waals surface area contributed by atoms with E-state index in [1.54, 1.807) is 18.3 Å². The van der Waals surface area contributed by atoms with Gasteiger partial charge in [0.2, 0.25) is 0 Å². The maximum atomic E-state index is 9.09. The van der Waals surface area contributed by atoms with Crippen molar-refractivity contribution in [3.05, 3.63) is 96.9 Å². The SMILES string of the molecule is N#Cc1ccccc1CO/N=C\c1cc(Cl)c(OCc2ccc(Br)cc2)c(Br)c1. The Bertz CT molecular complexity index is 1040. The Morgan fingerprint density at radius 1 is 1.03 bits per heavy atom. The molecule has 0 saturated carbocycles. The third kappa shape index (κ3) is 6.07. The van der Waals surface area contributed by atoms with Crippen molar-refractivity contribution in [2.75, 3.05) is 0 Å². The van der Waals surface area contributed by atoms with Gasteiger partial charge in [-0.25, -0.2) is 0 Å². The van der Waals surface area contributed by atoms with Crippen LogP contribution in [0.25, 0.3) is 0 Å². The minimum absolute atomic E-state index is 0.212. The second-order valence-corrected chi connectivity index (χ2v) is 8.18. The molecule has 29 heavy (non-hydrogen) atoms. The van der Waals surface area contributed by atoms with Crippen LogP contribution in [0.5, 0.6) is 5.75 Å². The Morgan fingerprint density at radius 3 is 2.52 bits per heavy atom. The Balaban J connectivity index is 1.61. The zero-order valence-electron chi connectivity index (χ0n) is 15.1. The molecule has 0 radical (unpaired) electrons. The van der Waals surface area contributed by atoms with E-state index < -0.39 is 0 Å². The first-order chi connectivity index (χ1) is 14.1.